The molecule has 0 aromatic carbocycles. The first-order valence-electron chi connectivity index (χ1n) is 6.29. The zero-order valence-corrected chi connectivity index (χ0v) is 11.4. The van der Waals surface area contributed by atoms with Crippen molar-refractivity contribution in [3.8, 4) is 0 Å². The molecule has 1 rings (SSSR count). The van der Waals surface area contributed by atoms with E-state index < -0.39 is 0 Å². The van der Waals surface area contributed by atoms with Gasteiger partial charge in [-0.15, -0.1) is 0 Å². The van der Waals surface area contributed by atoms with Crippen molar-refractivity contribution >= 4 is 0 Å². The van der Waals surface area contributed by atoms with Crippen LogP contribution in [0.2, 0.25) is 0 Å². The van der Waals surface area contributed by atoms with E-state index in [2.05, 4.69) is 33.0 Å². The van der Waals surface area contributed by atoms with Crippen molar-refractivity contribution in [2.45, 2.75) is 64.2 Å². The summed E-state index contributed by atoms with van der Waals surface area (Å²) >= 11 is 0. The largest absolute Gasteiger partial charge is 0.379 e. The van der Waals surface area contributed by atoms with Crippen molar-refractivity contribution in [2.24, 2.45) is 0 Å². The molecule has 1 heterocycles. The highest BCUT2D eigenvalue weighted by Gasteiger charge is 2.30. The minimum Gasteiger partial charge on any atom is -0.379 e. The second-order valence-electron chi connectivity index (χ2n) is 5.85. The van der Waals surface area contributed by atoms with E-state index in [9.17, 15) is 0 Å². The van der Waals surface area contributed by atoms with E-state index in [1.54, 1.807) is 7.11 Å². The summed E-state index contributed by atoms with van der Waals surface area (Å²) in [5.41, 5.74) is -0.00463. The average molecular weight is 229 g/mol. The van der Waals surface area contributed by atoms with E-state index in [0.717, 1.165) is 19.6 Å². The second-order valence-corrected chi connectivity index (χ2v) is 5.85. The van der Waals surface area contributed by atoms with Crippen LogP contribution >= 0.6 is 0 Å². The van der Waals surface area contributed by atoms with E-state index in [1.165, 1.54) is 12.8 Å². The molecule has 0 radical (unpaired) electrons. The first kappa shape index (κ1) is 13.9. The molecule has 3 nitrogen and oxygen atoms in total. The Morgan fingerprint density at radius 3 is 2.69 bits per heavy atom. The van der Waals surface area contributed by atoms with Gasteiger partial charge in [0.25, 0.3) is 0 Å². The summed E-state index contributed by atoms with van der Waals surface area (Å²) in [5, 5.41) is 3.55. The fraction of sp³-hybridized carbons (Fsp3) is 1.00. The van der Waals surface area contributed by atoms with Gasteiger partial charge in [-0.25, -0.2) is 0 Å². The molecule has 1 saturated heterocycles. The summed E-state index contributed by atoms with van der Waals surface area (Å²) in [6.45, 7) is 10.5. The van der Waals surface area contributed by atoms with Gasteiger partial charge < -0.3 is 14.8 Å². The van der Waals surface area contributed by atoms with Crippen LogP contribution in [0.3, 0.4) is 0 Å². The van der Waals surface area contributed by atoms with Crippen LogP contribution in [0, 0.1) is 0 Å². The lowest BCUT2D eigenvalue weighted by Gasteiger charge is -2.30. The second kappa shape index (κ2) is 5.48. The Kier molecular flexibility index (Phi) is 4.77. The Labute approximate surface area is 99.9 Å². The van der Waals surface area contributed by atoms with Crippen LogP contribution in [-0.2, 0) is 9.47 Å². The predicted molar refractivity (Wildman–Crippen MR) is 66.8 cm³/mol. The van der Waals surface area contributed by atoms with Gasteiger partial charge in [0.2, 0.25) is 0 Å². The summed E-state index contributed by atoms with van der Waals surface area (Å²) in [4.78, 5) is 0. The number of rotatable bonds is 6. The summed E-state index contributed by atoms with van der Waals surface area (Å²) in [5.74, 6) is 0. The average Bonchev–Trinajstić information content (AvgIpc) is 2.63. The van der Waals surface area contributed by atoms with Gasteiger partial charge in [-0.1, -0.05) is 0 Å². The highest BCUT2D eigenvalue weighted by atomic mass is 16.5. The van der Waals surface area contributed by atoms with Crippen LogP contribution in [0.15, 0.2) is 0 Å². The fourth-order valence-electron chi connectivity index (χ4n) is 2.26. The smallest absolute Gasteiger partial charge is 0.0779 e. The molecule has 1 N–H and O–H groups in total. The van der Waals surface area contributed by atoms with Crippen molar-refractivity contribution in [3.05, 3.63) is 0 Å². The Morgan fingerprint density at radius 2 is 2.19 bits per heavy atom. The summed E-state index contributed by atoms with van der Waals surface area (Å²) < 4.78 is 11.2. The molecule has 0 saturated carbocycles. The molecule has 96 valence electrons. The van der Waals surface area contributed by atoms with Crippen LogP contribution in [0.5, 0.6) is 0 Å². The van der Waals surface area contributed by atoms with Crippen molar-refractivity contribution in [2.75, 3.05) is 20.3 Å². The molecule has 2 unspecified atom stereocenters. The number of hydrogen-bond acceptors (Lipinski definition) is 3. The maximum absolute atomic E-state index is 5.75. The number of nitrogens with one attached hydrogen (secondary N) is 1. The molecular weight excluding hydrogens is 202 g/mol. The maximum atomic E-state index is 5.75. The Hall–Kier alpha value is -0.120. The lowest BCUT2D eigenvalue weighted by Crippen LogP contribution is -2.43. The summed E-state index contributed by atoms with van der Waals surface area (Å²) in [7, 11) is 1.77. The molecule has 0 aliphatic carbocycles. The van der Waals surface area contributed by atoms with Crippen LogP contribution < -0.4 is 5.32 Å². The summed E-state index contributed by atoms with van der Waals surface area (Å²) in [6, 6.07) is 0.455. The Morgan fingerprint density at radius 1 is 1.50 bits per heavy atom. The third-order valence-corrected chi connectivity index (χ3v) is 3.48. The van der Waals surface area contributed by atoms with Crippen LogP contribution in [0.1, 0.15) is 47.0 Å². The van der Waals surface area contributed by atoms with Crippen molar-refractivity contribution in [1.29, 1.82) is 0 Å². The molecule has 1 aliphatic heterocycles. The van der Waals surface area contributed by atoms with E-state index in [1.807, 2.05) is 0 Å². The van der Waals surface area contributed by atoms with Gasteiger partial charge in [0.15, 0.2) is 0 Å². The van der Waals surface area contributed by atoms with Crippen molar-refractivity contribution in [3.63, 3.8) is 0 Å². The van der Waals surface area contributed by atoms with Gasteiger partial charge in [0.1, 0.15) is 0 Å². The van der Waals surface area contributed by atoms with Crippen molar-refractivity contribution < 1.29 is 9.47 Å². The zero-order chi connectivity index (χ0) is 12.2. The molecule has 16 heavy (non-hydrogen) atoms. The molecular formula is C13H27NO2. The Bertz CT molecular complexity index is 210. The molecule has 0 aromatic heterocycles. The third kappa shape index (κ3) is 4.40. The Balaban J connectivity index is 2.27. The fourth-order valence-corrected chi connectivity index (χ4v) is 2.26. The first-order valence-corrected chi connectivity index (χ1v) is 6.29. The van der Waals surface area contributed by atoms with E-state index in [0.29, 0.717) is 6.04 Å². The zero-order valence-electron chi connectivity index (χ0n) is 11.4. The maximum Gasteiger partial charge on any atom is 0.0779 e. The van der Waals surface area contributed by atoms with E-state index in [-0.39, 0.29) is 11.2 Å². The molecule has 0 bridgehead atoms. The molecule has 1 aliphatic rings. The highest BCUT2D eigenvalue weighted by molar-refractivity contribution is 4.85. The molecule has 0 spiro atoms. The van der Waals surface area contributed by atoms with Gasteiger partial charge in [-0.3, -0.25) is 0 Å². The normalized spacial score (nSPS) is 28.3. The minimum absolute atomic E-state index is 0.0471. The lowest BCUT2D eigenvalue weighted by molar-refractivity contribution is -0.00136. The molecule has 0 aromatic rings. The number of hydrogen-bond donors (Lipinski definition) is 1. The third-order valence-electron chi connectivity index (χ3n) is 3.48. The minimum atomic E-state index is -0.0517. The predicted octanol–water partition coefficient (Wildman–Crippen LogP) is 2.35. The van der Waals surface area contributed by atoms with Crippen LogP contribution in [-0.4, -0.2) is 37.5 Å². The quantitative estimate of drug-likeness (QED) is 0.758. The van der Waals surface area contributed by atoms with Crippen molar-refractivity contribution in [1.82, 2.24) is 5.32 Å². The van der Waals surface area contributed by atoms with Crippen LogP contribution in [0.4, 0.5) is 0 Å². The standard InChI is InChI=1S/C13H27NO2/c1-11(9-12(2,3)15-5)14-10-13(4)7-6-8-16-13/h11,14H,6-10H2,1-5H3. The van der Waals surface area contributed by atoms with Gasteiger partial charge in [-0.2, -0.15) is 0 Å². The number of ether oxygens (including phenoxy) is 2. The SMILES string of the molecule is COC(C)(C)CC(C)NCC1(C)CCCO1. The van der Waals surface area contributed by atoms with Gasteiger partial charge in [0.05, 0.1) is 11.2 Å². The molecule has 3 heteroatoms. The lowest BCUT2D eigenvalue weighted by atomic mass is 9.98. The number of methoxy groups -OCH3 is 1. The van der Waals surface area contributed by atoms with E-state index >= 15 is 0 Å². The first-order chi connectivity index (χ1) is 7.37. The van der Waals surface area contributed by atoms with Gasteiger partial charge >= 0.3 is 0 Å². The molecule has 0 amide bonds. The monoisotopic (exact) mass is 229 g/mol. The van der Waals surface area contributed by atoms with Crippen LogP contribution in [0.25, 0.3) is 0 Å². The van der Waals surface area contributed by atoms with E-state index in [4.69, 9.17) is 9.47 Å². The molecule has 1 fully saturated rings. The molecule has 2 atom stereocenters. The highest BCUT2D eigenvalue weighted by Crippen LogP contribution is 2.24. The topological polar surface area (TPSA) is 30.5 Å². The van der Waals surface area contributed by atoms with Gasteiger partial charge in [0, 0.05) is 26.3 Å². The summed E-state index contributed by atoms with van der Waals surface area (Å²) in [6.07, 6.45) is 3.37. The van der Waals surface area contributed by atoms with Gasteiger partial charge in [-0.05, 0) is 47.0 Å².